The Morgan fingerprint density at radius 2 is 2.05 bits per heavy atom. The van der Waals surface area contributed by atoms with Gasteiger partial charge in [-0.25, -0.2) is 12.8 Å². The lowest BCUT2D eigenvalue weighted by Gasteiger charge is -2.24. The number of nitrogens with one attached hydrogen (secondary N) is 1. The summed E-state index contributed by atoms with van der Waals surface area (Å²) in [6.07, 6.45) is 0. The van der Waals surface area contributed by atoms with E-state index in [0.29, 0.717) is 17.7 Å². The van der Waals surface area contributed by atoms with Crippen LogP contribution in [0.15, 0.2) is 17.0 Å². The van der Waals surface area contributed by atoms with Gasteiger partial charge in [-0.1, -0.05) is 0 Å². The third-order valence-electron chi connectivity index (χ3n) is 3.38. The Morgan fingerprint density at radius 3 is 2.57 bits per heavy atom. The predicted molar refractivity (Wildman–Crippen MR) is 80.2 cm³/mol. The van der Waals surface area contributed by atoms with Crippen molar-refractivity contribution in [2.24, 2.45) is 0 Å². The molecule has 0 heterocycles. The monoisotopic (exact) mass is 318 g/mol. The largest absolute Gasteiger partial charge is 0.383 e. The van der Waals surface area contributed by atoms with Crippen molar-refractivity contribution in [1.29, 1.82) is 0 Å². The van der Waals surface area contributed by atoms with Crippen molar-refractivity contribution in [1.82, 2.24) is 9.62 Å². The summed E-state index contributed by atoms with van der Waals surface area (Å²) in [6, 6.07) is 2.43. The Kier molecular flexibility index (Phi) is 6.27. The minimum Gasteiger partial charge on any atom is -0.383 e. The maximum absolute atomic E-state index is 14.0. The third kappa shape index (κ3) is 4.00. The average Bonchev–Trinajstić information content (AvgIpc) is 2.43. The van der Waals surface area contributed by atoms with Gasteiger partial charge in [0.25, 0.3) is 0 Å². The highest BCUT2D eigenvalue weighted by atomic mass is 32.2. The number of sulfonamides is 1. The van der Waals surface area contributed by atoms with Gasteiger partial charge in [-0.05, 0) is 38.6 Å². The van der Waals surface area contributed by atoms with E-state index >= 15 is 0 Å². The van der Waals surface area contributed by atoms with Gasteiger partial charge >= 0.3 is 0 Å². The van der Waals surface area contributed by atoms with Crippen molar-refractivity contribution in [2.75, 3.05) is 27.8 Å². The summed E-state index contributed by atoms with van der Waals surface area (Å²) in [6.45, 7) is 3.88. The van der Waals surface area contributed by atoms with Crippen LogP contribution >= 0.6 is 0 Å². The first kappa shape index (κ1) is 18.0. The van der Waals surface area contributed by atoms with Gasteiger partial charge in [0.05, 0.1) is 11.5 Å². The van der Waals surface area contributed by atoms with E-state index in [1.54, 1.807) is 20.9 Å². The van der Waals surface area contributed by atoms with Gasteiger partial charge in [-0.2, -0.15) is 4.31 Å². The van der Waals surface area contributed by atoms with Gasteiger partial charge in [-0.15, -0.1) is 0 Å². The third-order valence-corrected chi connectivity index (χ3v) is 5.33. The average molecular weight is 318 g/mol. The molecule has 1 aromatic carbocycles. The van der Waals surface area contributed by atoms with Gasteiger partial charge in [0.15, 0.2) is 0 Å². The molecule has 0 fully saturated rings. The normalized spacial score (nSPS) is 13.7. The van der Waals surface area contributed by atoms with Crippen molar-refractivity contribution in [3.8, 4) is 0 Å². The number of rotatable bonds is 7. The molecule has 0 aromatic heterocycles. The number of likely N-dealkylation sites (N-methyl/N-ethyl adjacent to an activating group) is 1. The van der Waals surface area contributed by atoms with Gasteiger partial charge in [-0.3, -0.25) is 0 Å². The summed E-state index contributed by atoms with van der Waals surface area (Å²) in [5.74, 6) is -0.379. The minimum atomic E-state index is -3.68. The molecule has 0 saturated heterocycles. The number of hydrogen-bond donors (Lipinski definition) is 1. The molecule has 120 valence electrons. The highest BCUT2D eigenvalue weighted by Crippen LogP contribution is 2.22. The first-order chi connectivity index (χ1) is 9.75. The molecule has 1 rings (SSSR count). The van der Waals surface area contributed by atoms with E-state index in [0.717, 1.165) is 0 Å². The zero-order chi connectivity index (χ0) is 16.2. The lowest BCUT2D eigenvalue weighted by molar-refractivity contribution is 0.149. The number of halogens is 1. The Bertz CT molecular complexity index is 590. The zero-order valence-electron chi connectivity index (χ0n) is 13.1. The SMILES string of the molecule is CNCc1cc(S(=O)(=O)N(C)C(C)COC)cc(C)c1F. The molecule has 0 bridgehead atoms. The fourth-order valence-electron chi connectivity index (χ4n) is 2.02. The molecule has 0 aliphatic heterocycles. The van der Waals surface area contributed by atoms with Crippen LogP contribution in [-0.4, -0.2) is 46.6 Å². The number of methoxy groups -OCH3 is 1. The van der Waals surface area contributed by atoms with Crippen molar-refractivity contribution in [3.05, 3.63) is 29.1 Å². The second kappa shape index (κ2) is 7.31. The second-order valence-corrected chi connectivity index (χ2v) is 7.07. The summed E-state index contributed by atoms with van der Waals surface area (Å²) in [4.78, 5) is 0.0945. The molecule has 1 unspecified atom stereocenters. The topological polar surface area (TPSA) is 58.6 Å². The quantitative estimate of drug-likeness (QED) is 0.828. The maximum Gasteiger partial charge on any atom is 0.243 e. The molecule has 0 radical (unpaired) electrons. The van der Waals surface area contributed by atoms with E-state index in [1.807, 2.05) is 0 Å². The number of nitrogens with zero attached hydrogens (tertiary/aromatic N) is 1. The van der Waals surface area contributed by atoms with Gasteiger partial charge in [0.2, 0.25) is 10.0 Å². The van der Waals surface area contributed by atoms with E-state index < -0.39 is 10.0 Å². The van der Waals surface area contributed by atoms with E-state index in [1.165, 1.54) is 30.6 Å². The molecule has 0 aliphatic rings. The molecule has 0 aliphatic carbocycles. The number of benzene rings is 1. The summed E-state index contributed by atoms with van der Waals surface area (Å²) in [7, 11) is 1.02. The lowest BCUT2D eigenvalue weighted by Crippen LogP contribution is -2.37. The number of ether oxygens (including phenoxy) is 1. The van der Waals surface area contributed by atoms with Crippen LogP contribution in [0.3, 0.4) is 0 Å². The van der Waals surface area contributed by atoms with Crippen LogP contribution in [0, 0.1) is 12.7 Å². The van der Waals surface area contributed by atoms with Crippen LogP contribution in [0.5, 0.6) is 0 Å². The minimum absolute atomic E-state index is 0.0945. The molecular formula is C14H23FN2O3S. The number of hydrogen-bond acceptors (Lipinski definition) is 4. The van der Waals surface area contributed by atoms with Crippen LogP contribution in [0.4, 0.5) is 4.39 Å². The van der Waals surface area contributed by atoms with E-state index in [-0.39, 0.29) is 23.3 Å². The van der Waals surface area contributed by atoms with Crippen LogP contribution < -0.4 is 5.32 Å². The molecule has 21 heavy (non-hydrogen) atoms. The van der Waals surface area contributed by atoms with Gasteiger partial charge < -0.3 is 10.1 Å². The molecule has 1 N–H and O–H groups in total. The van der Waals surface area contributed by atoms with E-state index in [2.05, 4.69) is 5.32 Å². The Labute approximate surface area is 126 Å². The van der Waals surface area contributed by atoms with Crippen molar-refractivity contribution in [3.63, 3.8) is 0 Å². The fraction of sp³-hybridized carbons (Fsp3) is 0.571. The van der Waals surface area contributed by atoms with Crippen molar-refractivity contribution >= 4 is 10.0 Å². The molecule has 1 atom stereocenters. The van der Waals surface area contributed by atoms with Crippen molar-refractivity contribution in [2.45, 2.75) is 31.3 Å². The molecule has 7 heteroatoms. The Hall–Kier alpha value is -1.02. The van der Waals surface area contributed by atoms with E-state index in [9.17, 15) is 12.8 Å². The van der Waals surface area contributed by atoms with Crippen LogP contribution in [0.2, 0.25) is 0 Å². The second-order valence-electron chi connectivity index (χ2n) is 5.07. The fourth-order valence-corrected chi connectivity index (χ4v) is 3.51. The first-order valence-corrected chi connectivity index (χ1v) is 8.10. The maximum atomic E-state index is 14.0. The van der Waals surface area contributed by atoms with E-state index in [4.69, 9.17) is 4.74 Å². The Morgan fingerprint density at radius 1 is 1.43 bits per heavy atom. The highest BCUT2D eigenvalue weighted by Gasteiger charge is 2.26. The molecule has 5 nitrogen and oxygen atoms in total. The molecule has 0 spiro atoms. The lowest BCUT2D eigenvalue weighted by atomic mass is 10.1. The highest BCUT2D eigenvalue weighted by molar-refractivity contribution is 7.89. The standard InChI is InChI=1S/C14H23FN2O3S/c1-10-6-13(7-12(8-16-3)14(10)15)21(18,19)17(4)11(2)9-20-5/h6-7,11,16H,8-9H2,1-5H3. The van der Waals surface area contributed by atoms with Crippen LogP contribution in [0.1, 0.15) is 18.1 Å². The van der Waals surface area contributed by atoms with Crippen molar-refractivity contribution < 1.29 is 17.5 Å². The molecular weight excluding hydrogens is 295 g/mol. The number of aryl methyl sites for hydroxylation is 1. The van der Waals surface area contributed by atoms with Crippen LogP contribution in [0.25, 0.3) is 0 Å². The summed E-state index contributed by atoms with van der Waals surface area (Å²) >= 11 is 0. The zero-order valence-corrected chi connectivity index (χ0v) is 13.9. The smallest absolute Gasteiger partial charge is 0.243 e. The first-order valence-electron chi connectivity index (χ1n) is 6.66. The molecule has 0 saturated carbocycles. The predicted octanol–water partition coefficient (Wildman–Crippen LogP) is 1.51. The van der Waals surface area contributed by atoms with Gasteiger partial charge in [0.1, 0.15) is 5.82 Å². The van der Waals surface area contributed by atoms with Gasteiger partial charge in [0, 0.05) is 32.3 Å². The summed E-state index contributed by atoms with van der Waals surface area (Å²) in [5, 5.41) is 2.83. The Balaban J connectivity index is 3.25. The van der Waals surface area contributed by atoms with Crippen LogP contribution in [-0.2, 0) is 21.3 Å². The molecule has 0 amide bonds. The molecule has 1 aromatic rings. The summed E-state index contributed by atoms with van der Waals surface area (Å²) in [5.41, 5.74) is 0.651. The summed E-state index contributed by atoms with van der Waals surface area (Å²) < 4.78 is 45.4.